The van der Waals surface area contributed by atoms with E-state index in [0.717, 1.165) is 35.3 Å². The van der Waals surface area contributed by atoms with E-state index in [2.05, 4.69) is 10.3 Å². The summed E-state index contributed by atoms with van der Waals surface area (Å²) in [5.74, 6) is -0.0136. The van der Waals surface area contributed by atoms with Crippen molar-refractivity contribution in [3.8, 4) is 0 Å². The van der Waals surface area contributed by atoms with E-state index in [1.54, 1.807) is 25.4 Å². The molecular weight excluding hydrogens is 378 g/mol. The second-order valence-electron chi connectivity index (χ2n) is 6.46. The van der Waals surface area contributed by atoms with Crippen LogP contribution in [0.25, 0.3) is 6.08 Å². The number of ether oxygens (including phenoxy) is 2. The Labute approximate surface area is 167 Å². The van der Waals surface area contributed by atoms with E-state index in [9.17, 15) is 9.59 Å². The molecule has 148 valence electrons. The second-order valence-corrected chi connectivity index (χ2v) is 7.56. The van der Waals surface area contributed by atoms with Crippen LogP contribution in [0.4, 0.5) is 15.5 Å². The highest BCUT2D eigenvalue weighted by Gasteiger charge is 2.26. The number of anilines is 2. The highest BCUT2D eigenvalue weighted by atomic mass is 32.1. The fourth-order valence-corrected chi connectivity index (χ4v) is 4.34. The molecule has 1 atom stereocenters. The molecule has 2 aromatic rings. The van der Waals surface area contributed by atoms with E-state index in [0.29, 0.717) is 23.9 Å². The lowest BCUT2D eigenvalue weighted by Crippen LogP contribution is -2.21. The maximum absolute atomic E-state index is 12.2. The van der Waals surface area contributed by atoms with Crippen LogP contribution in [0.2, 0.25) is 0 Å². The van der Waals surface area contributed by atoms with Gasteiger partial charge >= 0.3 is 6.16 Å². The first-order valence-electron chi connectivity index (χ1n) is 9.15. The molecule has 28 heavy (non-hydrogen) atoms. The topological polar surface area (TPSA) is 104 Å². The Kier molecular flexibility index (Phi) is 6.65. The molecule has 0 saturated heterocycles. The maximum atomic E-state index is 12.2. The van der Waals surface area contributed by atoms with Crippen LogP contribution in [0, 0.1) is 5.92 Å². The molecule has 3 N–H and O–H groups in total. The van der Waals surface area contributed by atoms with E-state index < -0.39 is 6.16 Å². The number of hydrogen-bond donors (Lipinski definition) is 2. The van der Waals surface area contributed by atoms with E-state index in [-0.39, 0.29) is 11.8 Å². The van der Waals surface area contributed by atoms with Crippen molar-refractivity contribution in [2.45, 2.75) is 26.2 Å². The fraction of sp³-hybridized carbons (Fsp3) is 0.350. The lowest BCUT2D eigenvalue weighted by molar-refractivity contribution is -0.111. The Balaban J connectivity index is 1.59. The lowest BCUT2D eigenvalue weighted by Gasteiger charge is -2.21. The van der Waals surface area contributed by atoms with Gasteiger partial charge in [0.15, 0.2) is 0 Å². The molecule has 1 aliphatic rings. The van der Waals surface area contributed by atoms with Crippen LogP contribution in [0.3, 0.4) is 0 Å². The highest BCUT2D eigenvalue weighted by Crippen LogP contribution is 2.41. The third-order valence-electron chi connectivity index (χ3n) is 4.46. The maximum Gasteiger partial charge on any atom is 0.508 e. The lowest BCUT2D eigenvalue weighted by atomic mass is 9.89. The molecule has 1 amide bonds. The number of nitrogen functional groups attached to an aromatic ring is 1. The second kappa shape index (κ2) is 9.36. The Hall–Kier alpha value is -2.87. The largest absolute Gasteiger partial charge is 0.508 e. The van der Waals surface area contributed by atoms with Gasteiger partial charge in [0, 0.05) is 23.3 Å². The van der Waals surface area contributed by atoms with Crippen molar-refractivity contribution in [2.75, 3.05) is 24.3 Å². The first-order valence-corrected chi connectivity index (χ1v) is 9.97. The number of hydrogen-bond acceptors (Lipinski definition) is 7. The summed E-state index contributed by atoms with van der Waals surface area (Å²) in [6.45, 7) is 2.36. The first-order chi connectivity index (χ1) is 13.6. The van der Waals surface area contributed by atoms with Crippen LogP contribution >= 0.6 is 11.3 Å². The zero-order chi connectivity index (χ0) is 19.9. The minimum Gasteiger partial charge on any atom is -0.435 e. The molecular formula is C20H23N3O4S. The summed E-state index contributed by atoms with van der Waals surface area (Å²) in [6, 6.07) is 3.68. The minimum absolute atomic E-state index is 0.226. The summed E-state index contributed by atoms with van der Waals surface area (Å²) in [5, 5.41) is 3.53. The van der Waals surface area contributed by atoms with E-state index >= 15 is 0 Å². The fourth-order valence-electron chi connectivity index (χ4n) is 3.06. The van der Waals surface area contributed by atoms with E-state index in [1.807, 2.05) is 12.1 Å². The van der Waals surface area contributed by atoms with Crippen molar-refractivity contribution in [2.24, 2.45) is 5.92 Å². The standard InChI is InChI=1S/C20H23N3O4S/c1-2-26-20(25)27-12-14-5-7-15-16(10-14)28-19(18(15)21)23-17(24)8-6-13-4-3-9-22-11-13/h3-4,6,8-9,11,14H,2,5,7,10,12,21H2,1H3,(H,23,24)/b8-6+. The van der Waals surface area contributed by atoms with Gasteiger partial charge in [0.2, 0.25) is 5.91 Å². The summed E-state index contributed by atoms with van der Waals surface area (Å²) >= 11 is 1.49. The molecule has 0 aliphatic heterocycles. The number of carbonyl (C=O) groups excluding carboxylic acids is 2. The number of nitrogens with two attached hydrogens (primary N) is 1. The molecule has 0 bridgehead atoms. The third-order valence-corrected chi connectivity index (χ3v) is 5.64. The van der Waals surface area contributed by atoms with Crippen molar-refractivity contribution in [3.63, 3.8) is 0 Å². The molecule has 1 aliphatic carbocycles. The Bertz CT molecular complexity index is 864. The van der Waals surface area contributed by atoms with Crippen molar-refractivity contribution in [3.05, 3.63) is 46.6 Å². The molecule has 8 heteroatoms. The van der Waals surface area contributed by atoms with E-state index in [1.165, 1.54) is 17.4 Å². The molecule has 0 saturated carbocycles. The van der Waals surface area contributed by atoms with Crippen LogP contribution in [-0.4, -0.2) is 30.3 Å². The number of nitrogens with zero attached hydrogens (tertiary/aromatic N) is 1. The summed E-state index contributed by atoms with van der Waals surface area (Å²) in [7, 11) is 0. The molecule has 1 unspecified atom stereocenters. The van der Waals surface area contributed by atoms with Crippen LogP contribution in [0.1, 0.15) is 29.3 Å². The summed E-state index contributed by atoms with van der Waals surface area (Å²) in [4.78, 5) is 28.7. The normalized spacial score (nSPS) is 15.8. The molecule has 0 aromatic carbocycles. The number of aromatic nitrogens is 1. The van der Waals surface area contributed by atoms with Crippen LogP contribution in [0.5, 0.6) is 0 Å². The SMILES string of the molecule is CCOC(=O)OCC1CCc2c(sc(NC(=O)/C=C/c3cccnc3)c2N)C1. The Morgan fingerprint density at radius 2 is 2.29 bits per heavy atom. The monoisotopic (exact) mass is 401 g/mol. The van der Waals surface area contributed by atoms with Crippen molar-refractivity contribution >= 4 is 40.2 Å². The zero-order valence-corrected chi connectivity index (χ0v) is 16.5. The van der Waals surface area contributed by atoms with Gasteiger partial charge in [-0.15, -0.1) is 11.3 Å². The van der Waals surface area contributed by atoms with Gasteiger partial charge in [-0.3, -0.25) is 9.78 Å². The van der Waals surface area contributed by atoms with Gasteiger partial charge in [0.25, 0.3) is 0 Å². The highest BCUT2D eigenvalue weighted by molar-refractivity contribution is 7.17. The Morgan fingerprint density at radius 3 is 3.04 bits per heavy atom. The number of rotatable bonds is 6. The molecule has 7 nitrogen and oxygen atoms in total. The predicted molar refractivity (Wildman–Crippen MR) is 109 cm³/mol. The number of carbonyl (C=O) groups is 2. The molecule has 0 spiro atoms. The van der Waals surface area contributed by atoms with Gasteiger partial charge in [-0.05, 0) is 55.4 Å². The van der Waals surface area contributed by atoms with Gasteiger partial charge in [-0.25, -0.2) is 4.79 Å². The zero-order valence-electron chi connectivity index (χ0n) is 15.6. The molecule has 3 rings (SSSR count). The summed E-state index contributed by atoms with van der Waals surface area (Å²) < 4.78 is 9.93. The van der Waals surface area contributed by atoms with Crippen molar-refractivity contribution in [1.29, 1.82) is 0 Å². The molecule has 2 aromatic heterocycles. The van der Waals surface area contributed by atoms with Crippen LogP contribution in [0.15, 0.2) is 30.6 Å². The Morgan fingerprint density at radius 1 is 1.43 bits per heavy atom. The van der Waals surface area contributed by atoms with Crippen molar-refractivity contribution in [1.82, 2.24) is 4.98 Å². The van der Waals surface area contributed by atoms with Crippen LogP contribution < -0.4 is 11.1 Å². The summed E-state index contributed by atoms with van der Waals surface area (Å²) in [5.41, 5.74) is 8.81. The average molecular weight is 401 g/mol. The smallest absolute Gasteiger partial charge is 0.435 e. The number of amides is 1. The first kappa shape index (κ1) is 19.9. The molecule has 0 radical (unpaired) electrons. The van der Waals surface area contributed by atoms with Gasteiger partial charge in [0.05, 0.1) is 18.9 Å². The van der Waals surface area contributed by atoms with Gasteiger partial charge in [-0.1, -0.05) is 6.07 Å². The number of thiophene rings is 1. The third kappa shape index (κ3) is 5.10. The molecule has 0 fully saturated rings. The number of nitrogens with one attached hydrogen (secondary N) is 1. The van der Waals surface area contributed by atoms with Gasteiger partial charge < -0.3 is 20.5 Å². The predicted octanol–water partition coefficient (Wildman–Crippen LogP) is 3.66. The average Bonchev–Trinajstić information content (AvgIpc) is 3.00. The quantitative estimate of drug-likeness (QED) is 0.566. The number of fused-ring (bicyclic) bond motifs is 1. The van der Waals surface area contributed by atoms with E-state index in [4.69, 9.17) is 15.2 Å². The number of pyridine rings is 1. The van der Waals surface area contributed by atoms with Gasteiger partial charge in [-0.2, -0.15) is 0 Å². The molecule has 2 heterocycles. The van der Waals surface area contributed by atoms with Gasteiger partial charge in [0.1, 0.15) is 5.00 Å². The summed E-state index contributed by atoms with van der Waals surface area (Å²) in [6.07, 6.45) is 8.34. The minimum atomic E-state index is -0.632. The van der Waals surface area contributed by atoms with Crippen molar-refractivity contribution < 1.29 is 19.1 Å². The van der Waals surface area contributed by atoms with Crippen LogP contribution in [-0.2, 0) is 27.1 Å².